The Morgan fingerprint density at radius 1 is 0.231 bits per heavy atom. The average molecular weight is 491 g/mol. The van der Waals surface area contributed by atoms with Gasteiger partial charge in [-0.25, -0.2) is 0 Å². The van der Waals surface area contributed by atoms with Gasteiger partial charge < -0.3 is 0 Å². The molecule has 10 rings (SSSR count). The van der Waals surface area contributed by atoms with Crippen molar-refractivity contribution in [2.75, 3.05) is 0 Å². The van der Waals surface area contributed by atoms with Crippen molar-refractivity contribution in [1.82, 2.24) is 0 Å². The van der Waals surface area contributed by atoms with Crippen LogP contribution in [-0.2, 0) is 0 Å². The van der Waals surface area contributed by atoms with Crippen molar-refractivity contribution in [3.05, 3.63) is 121 Å². The SMILES string of the molecule is [BH4-].c1ccc2cc3c(cc2c1)c1cccc2c4cc5c6cc7ccccc7cc6c6cccc(c4cc3c12)c65. The lowest BCUT2D eigenvalue weighted by Gasteiger charge is -2.10. The summed E-state index contributed by atoms with van der Waals surface area (Å²) in [5, 5.41) is 24.3. The van der Waals surface area contributed by atoms with E-state index in [0.29, 0.717) is 0 Å². The summed E-state index contributed by atoms with van der Waals surface area (Å²) in [4.78, 5) is 0. The zero-order valence-electron chi connectivity index (χ0n) is 20.5. The molecule has 0 radical (unpaired) electrons. The van der Waals surface area contributed by atoms with E-state index in [0.717, 1.165) is 0 Å². The van der Waals surface area contributed by atoms with E-state index in [9.17, 15) is 0 Å². The van der Waals surface area contributed by atoms with Crippen LogP contribution in [0.5, 0.6) is 0 Å². The van der Waals surface area contributed by atoms with Gasteiger partial charge in [0.15, 0.2) is 0 Å². The lowest BCUT2D eigenvalue weighted by molar-refractivity contribution is 1.81. The Hall–Kier alpha value is -4.88. The third-order valence-corrected chi connectivity index (χ3v) is 9.05. The van der Waals surface area contributed by atoms with E-state index >= 15 is 0 Å². The highest BCUT2D eigenvalue weighted by atomic mass is 14.2. The van der Waals surface area contributed by atoms with Crippen LogP contribution in [0.2, 0.25) is 0 Å². The highest BCUT2D eigenvalue weighted by molar-refractivity contribution is 6.41. The number of hydrogen-bond donors (Lipinski definition) is 0. The fourth-order valence-corrected chi connectivity index (χ4v) is 7.41. The molecule has 0 saturated carbocycles. The van der Waals surface area contributed by atoms with Gasteiger partial charge in [0.25, 0.3) is 0 Å². The molecular weight excluding hydrogens is 467 g/mol. The Bertz CT molecular complexity index is 2420. The summed E-state index contributed by atoms with van der Waals surface area (Å²) in [5.74, 6) is 0. The Morgan fingerprint density at radius 2 is 0.513 bits per heavy atom. The number of hydrogen-bond acceptors (Lipinski definition) is 0. The lowest BCUT2D eigenvalue weighted by atomic mass is 9.93. The van der Waals surface area contributed by atoms with Crippen molar-refractivity contribution in [2.45, 2.75) is 0 Å². The van der Waals surface area contributed by atoms with E-state index in [1.165, 1.54) is 97.0 Å². The third kappa shape index (κ3) is 2.51. The fraction of sp³-hybridized carbons (Fsp3) is 0. The fourth-order valence-electron chi connectivity index (χ4n) is 7.41. The first-order valence-electron chi connectivity index (χ1n) is 13.4. The van der Waals surface area contributed by atoms with Crippen molar-refractivity contribution >= 4 is 105 Å². The van der Waals surface area contributed by atoms with Crippen LogP contribution >= 0.6 is 0 Å². The van der Waals surface area contributed by atoms with Crippen molar-refractivity contribution in [3.8, 4) is 0 Å². The van der Waals surface area contributed by atoms with Gasteiger partial charge in [-0.1, -0.05) is 93.3 Å². The molecule has 0 unspecified atom stereocenters. The second-order valence-corrected chi connectivity index (χ2v) is 10.9. The first kappa shape index (κ1) is 21.1. The summed E-state index contributed by atoms with van der Waals surface area (Å²) >= 11 is 0. The quantitative estimate of drug-likeness (QED) is 0.146. The monoisotopic (exact) mass is 491 g/mol. The molecular formula is C38H24B-. The van der Waals surface area contributed by atoms with Crippen LogP contribution in [0.4, 0.5) is 0 Å². The molecule has 0 nitrogen and oxygen atoms in total. The summed E-state index contributed by atoms with van der Waals surface area (Å²) in [6, 6.07) is 45.7. The van der Waals surface area contributed by atoms with E-state index in [2.05, 4.69) is 121 Å². The minimum atomic E-state index is 0. The van der Waals surface area contributed by atoms with Gasteiger partial charge in [-0.15, -0.1) is 0 Å². The van der Waals surface area contributed by atoms with E-state index < -0.39 is 0 Å². The molecule has 0 atom stereocenters. The van der Waals surface area contributed by atoms with Crippen molar-refractivity contribution in [2.24, 2.45) is 0 Å². The zero-order valence-corrected chi connectivity index (χ0v) is 20.5. The van der Waals surface area contributed by atoms with Crippen molar-refractivity contribution in [1.29, 1.82) is 0 Å². The predicted octanol–water partition coefficient (Wildman–Crippen LogP) is 9.49. The van der Waals surface area contributed by atoms with Gasteiger partial charge in [0.2, 0.25) is 0 Å². The Morgan fingerprint density at radius 3 is 0.846 bits per heavy atom. The highest BCUT2D eigenvalue weighted by Gasteiger charge is 2.19. The minimum absolute atomic E-state index is 0. The maximum atomic E-state index is 2.48. The lowest BCUT2D eigenvalue weighted by Crippen LogP contribution is -1.82. The Labute approximate surface area is 226 Å². The van der Waals surface area contributed by atoms with Crippen LogP contribution in [0.15, 0.2) is 121 Å². The van der Waals surface area contributed by atoms with Crippen molar-refractivity contribution in [3.63, 3.8) is 0 Å². The largest absolute Gasteiger partial charge is 0.0626 e. The molecule has 0 amide bonds. The summed E-state index contributed by atoms with van der Waals surface area (Å²) in [6.45, 7) is 0. The maximum absolute atomic E-state index is 2.48. The van der Waals surface area contributed by atoms with Crippen molar-refractivity contribution < 1.29 is 0 Å². The van der Waals surface area contributed by atoms with Gasteiger partial charge in [-0.2, -0.15) is 0 Å². The number of rotatable bonds is 0. The van der Waals surface area contributed by atoms with Crippen LogP contribution in [-0.4, -0.2) is 8.41 Å². The van der Waals surface area contributed by atoms with Crippen LogP contribution < -0.4 is 0 Å². The second kappa shape index (κ2) is 7.15. The first-order chi connectivity index (χ1) is 18.8. The summed E-state index contributed by atoms with van der Waals surface area (Å²) < 4.78 is 0. The molecule has 10 aromatic rings. The molecule has 0 saturated heterocycles. The van der Waals surface area contributed by atoms with Crippen LogP contribution in [0, 0.1) is 0 Å². The smallest absolute Gasteiger partial charge is 0.00199 e. The van der Waals surface area contributed by atoms with Gasteiger partial charge in [0.05, 0.1) is 0 Å². The molecule has 0 aliphatic carbocycles. The summed E-state index contributed by atoms with van der Waals surface area (Å²) in [6.07, 6.45) is 0. The normalized spacial score (nSPS) is 12.4. The van der Waals surface area contributed by atoms with Gasteiger partial charge >= 0.3 is 0 Å². The molecule has 0 bridgehead atoms. The Balaban J connectivity index is 0.00000221. The number of fused-ring (bicyclic) bond motifs is 11. The molecule has 0 fully saturated rings. The molecule has 0 heterocycles. The first-order valence-corrected chi connectivity index (χ1v) is 13.4. The summed E-state index contributed by atoms with van der Waals surface area (Å²) in [5.41, 5.74) is 0. The van der Waals surface area contributed by atoms with Gasteiger partial charge in [-0.3, -0.25) is 0 Å². The minimum Gasteiger partial charge on any atom is -0.0626 e. The topological polar surface area (TPSA) is 0 Å². The predicted molar refractivity (Wildman–Crippen MR) is 178 cm³/mol. The molecule has 0 aliphatic heterocycles. The van der Waals surface area contributed by atoms with Crippen LogP contribution in [0.3, 0.4) is 0 Å². The molecule has 0 aromatic heterocycles. The molecule has 10 aromatic carbocycles. The Kier molecular flexibility index (Phi) is 3.87. The average Bonchev–Trinajstić information content (AvgIpc) is 3.45. The van der Waals surface area contributed by atoms with E-state index in [1.54, 1.807) is 0 Å². The third-order valence-electron chi connectivity index (χ3n) is 9.05. The summed E-state index contributed by atoms with van der Waals surface area (Å²) in [7, 11) is 0. The van der Waals surface area contributed by atoms with Gasteiger partial charge in [0, 0.05) is 0 Å². The molecule has 0 spiro atoms. The highest BCUT2D eigenvalue weighted by Crippen LogP contribution is 2.48. The van der Waals surface area contributed by atoms with Gasteiger partial charge in [0.1, 0.15) is 0 Å². The maximum Gasteiger partial charge on any atom is -0.00199 e. The molecule has 180 valence electrons. The van der Waals surface area contributed by atoms with Crippen LogP contribution in [0.25, 0.3) is 97.0 Å². The molecule has 0 N–H and O–H groups in total. The molecule has 39 heavy (non-hydrogen) atoms. The number of benzene rings is 8. The van der Waals surface area contributed by atoms with E-state index in [4.69, 9.17) is 0 Å². The van der Waals surface area contributed by atoms with Gasteiger partial charge in [-0.05, 0) is 133 Å². The zero-order chi connectivity index (χ0) is 24.5. The standard InChI is InChI=1S/C38H20.BH4/c1-3-9-23-17-31-29(15-21(23)7-1)25-11-5-13-27-34-20-36-32-18-24-10-4-2-8-22(24)16-30(32)26-12-6-14-28(38(26)36)33(34)19-35(31)37(25)27;/h1-20H;1H4/q;-1. The second-order valence-electron chi connectivity index (χ2n) is 10.9. The van der Waals surface area contributed by atoms with E-state index in [-0.39, 0.29) is 8.41 Å². The van der Waals surface area contributed by atoms with E-state index in [1.807, 2.05) is 0 Å². The molecule has 1 heteroatoms. The van der Waals surface area contributed by atoms with Crippen LogP contribution in [0.1, 0.15) is 0 Å². The molecule has 0 aliphatic rings.